The second-order valence-corrected chi connectivity index (χ2v) is 5.46. The molecule has 14 heavy (non-hydrogen) atoms. The largest absolute Gasteiger partial charge is 0.748 e. The molecule has 0 atom stereocenters. The first-order chi connectivity index (χ1) is 6.16. The van der Waals surface area contributed by atoms with Crippen molar-refractivity contribution in [1.29, 1.82) is 0 Å². The third-order valence-corrected chi connectivity index (χ3v) is 2.65. The Kier molecular flexibility index (Phi) is 4.90. The van der Waals surface area contributed by atoms with Gasteiger partial charge in [0, 0.05) is 12.0 Å². The van der Waals surface area contributed by atoms with Crippen molar-refractivity contribution in [2.24, 2.45) is 0 Å². The van der Waals surface area contributed by atoms with Gasteiger partial charge in [-0.1, -0.05) is 0 Å². The van der Waals surface area contributed by atoms with E-state index in [1.54, 1.807) is 0 Å². The Morgan fingerprint density at radius 2 is 2.00 bits per heavy atom. The van der Waals surface area contributed by atoms with Crippen LogP contribution in [0.3, 0.4) is 0 Å². The highest BCUT2D eigenvalue weighted by atomic mass is 32.2. The zero-order chi connectivity index (χ0) is 11.4. The van der Waals surface area contributed by atoms with Gasteiger partial charge in [0.2, 0.25) is 5.91 Å². The summed E-state index contributed by atoms with van der Waals surface area (Å²) >= 11 is 3.86. The summed E-state index contributed by atoms with van der Waals surface area (Å²) in [5, 5.41) is 2.45. The number of carbonyl (C=O) groups excluding carboxylic acids is 1. The van der Waals surface area contributed by atoms with Crippen molar-refractivity contribution in [2.45, 2.75) is 25.8 Å². The highest BCUT2D eigenvalue weighted by Gasteiger charge is 2.22. The van der Waals surface area contributed by atoms with Crippen molar-refractivity contribution < 1.29 is 17.8 Å². The fourth-order valence-corrected chi connectivity index (χ4v) is 2.18. The minimum absolute atomic E-state index is 0.200. The van der Waals surface area contributed by atoms with E-state index in [9.17, 15) is 17.8 Å². The lowest BCUT2D eigenvalue weighted by atomic mass is 10.1. The van der Waals surface area contributed by atoms with E-state index in [0.717, 1.165) is 0 Å². The third kappa shape index (κ3) is 7.16. The highest BCUT2D eigenvalue weighted by Crippen LogP contribution is 2.06. The van der Waals surface area contributed by atoms with Crippen molar-refractivity contribution in [3.8, 4) is 0 Å². The molecule has 0 heterocycles. The summed E-state index contributed by atoms with van der Waals surface area (Å²) in [6, 6.07) is 0. The smallest absolute Gasteiger partial charge is 0.221 e. The number of thiol groups is 1. The molecule has 1 N–H and O–H groups in total. The first-order valence-electron chi connectivity index (χ1n) is 4.02. The Morgan fingerprint density at radius 3 is 2.36 bits per heavy atom. The van der Waals surface area contributed by atoms with Gasteiger partial charge >= 0.3 is 0 Å². The van der Waals surface area contributed by atoms with E-state index < -0.39 is 21.4 Å². The van der Waals surface area contributed by atoms with Gasteiger partial charge < -0.3 is 9.87 Å². The van der Waals surface area contributed by atoms with Crippen LogP contribution in [-0.4, -0.2) is 35.9 Å². The Balaban J connectivity index is 4.27. The number of hydrogen-bond donors (Lipinski definition) is 2. The molecule has 0 spiro atoms. The number of nitrogens with one attached hydrogen (secondary N) is 1. The molecule has 0 aliphatic heterocycles. The summed E-state index contributed by atoms with van der Waals surface area (Å²) in [6.45, 7) is 2.97. The van der Waals surface area contributed by atoms with Crippen molar-refractivity contribution in [1.82, 2.24) is 5.32 Å². The minimum Gasteiger partial charge on any atom is -0.748 e. The van der Waals surface area contributed by atoms with Crippen LogP contribution in [0.25, 0.3) is 0 Å². The number of rotatable bonds is 5. The molecule has 5 nitrogen and oxygen atoms in total. The molecule has 0 saturated carbocycles. The molecular weight excluding hydrogens is 226 g/mol. The van der Waals surface area contributed by atoms with E-state index in [4.69, 9.17) is 0 Å². The molecule has 0 aromatic carbocycles. The molecular formula is C7H14NO4S2-. The van der Waals surface area contributed by atoms with Crippen LogP contribution in [0.2, 0.25) is 0 Å². The van der Waals surface area contributed by atoms with Crippen LogP contribution in [0.15, 0.2) is 0 Å². The van der Waals surface area contributed by atoms with Gasteiger partial charge in [-0.25, -0.2) is 8.42 Å². The van der Waals surface area contributed by atoms with Crippen LogP contribution >= 0.6 is 12.6 Å². The van der Waals surface area contributed by atoms with Gasteiger partial charge in [0.15, 0.2) is 0 Å². The molecule has 0 bridgehead atoms. The van der Waals surface area contributed by atoms with Crippen LogP contribution < -0.4 is 5.32 Å². The molecule has 0 rings (SSSR count). The summed E-state index contributed by atoms with van der Waals surface area (Å²) in [5.41, 5.74) is -1.03. The van der Waals surface area contributed by atoms with Gasteiger partial charge in [-0.3, -0.25) is 4.79 Å². The Morgan fingerprint density at radius 1 is 1.50 bits per heavy atom. The van der Waals surface area contributed by atoms with Gasteiger partial charge in [-0.05, 0) is 19.6 Å². The molecule has 0 aliphatic carbocycles. The molecule has 1 amide bonds. The fraction of sp³-hybridized carbons (Fsp3) is 0.857. The standard InChI is InChI=1S/C7H15NO4S2/c1-7(2,5-14(10,11)12)8-6(9)3-4-13/h13H,3-5H2,1-2H3,(H,8,9)(H,10,11,12)/p-1. The SMILES string of the molecule is CC(C)(CS(=O)(=O)[O-])NC(=O)CCS. The number of carbonyl (C=O) groups is 1. The molecule has 0 fully saturated rings. The molecule has 0 aliphatic rings. The number of amides is 1. The molecule has 7 heteroatoms. The molecule has 0 unspecified atom stereocenters. The normalized spacial score (nSPS) is 12.6. The quantitative estimate of drug-likeness (QED) is 0.512. The predicted octanol–water partition coefficient (Wildman–Crippen LogP) is -0.254. The molecule has 0 aromatic heterocycles. The monoisotopic (exact) mass is 240 g/mol. The lowest BCUT2D eigenvalue weighted by Gasteiger charge is -2.27. The van der Waals surface area contributed by atoms with Crippen LogP contribution in [-0.2, 0) is 14.9 Å². The molecule has 0 aromatic rings. The third-order valence-electron chi connectivity index (χ3n) is 1.35. The summed E-state index contributed by atoms with van der Waals surface area (Å²) in [4.78, 5) is 11.1. The maximum absolute atomic E-state index is 11.1. The van der Waals surface area contributed by atoms with E-state index in [2.05, 4.69) is 17.9 Å². The van der Waals surface area contributed by atoms with E-state index in [1.807, 2.05) is 0 Å². The van der Waals surface area contributed by atoms with E-state index in [-0.39, 0.29) is 12.3 Å². The van der Waals surface area contributed by atoms with Gasteiger partial charge in [0.05, 0.1) is 15.9 Å². The Bertz CT molecular complexity index is 297. The Hall–Kier alpha value is -0.270. The van der Waals surface area contributed by atoms with Crippen LogP contribution in [0, 0.1) is 0 Å². The lowest BCUT2D eigenvalue weighted by Crippen LogP contribution is -2.48. The summed E-state index contributed by atoms with van der Waals surface area (Å²) in [7, 11) is -4.33. The number of hydrogen-bond acceptors (Lipinski definition) is 5. The Labute approximate surface area is 89.4 Å². The first kappa shape index (κ1) is 13.7. The second-order valence-electron chi connectivity index (χ2n) is 3.61. The van der Waals surface area contributed by atoms with Crippen molar-refractivity contribution in [3.05, 3.63) is 0 Å². The zero-order valence-corrected chi connectivity index (χ0v) is 9.82. The van der Waals surface area contributed by atoms with Crippen molar-refractivity contribution in [3.63, 3.8) is 0 Å². The predicted molar refractivity (Wildman–Crippen MR) is 55.3 cm³/mol. The molecule has 0 radical (unpaired) electrons. The van der Waals surface area contributed by atoms with Crippen LogP contribution in [0.4, 0.5) is 0 Å². The van der Waals surface area contributed by atoms with Gasteiger partial charge in [-0.15, -0.1) is 0 Å². The fourth-order valence-electron chi connectivity index (χ4n) is 1.02. The maximum Gasteiger partial charge on any atom is 0.221 e. The second kappa shape index (κ2) is 4.99. The van der Waals surface area contributed by atoms with Crippen LogP contribution in [0.5, 0.6) is 0 Å². The van der Waals surface area contributed by atoms with E-state index in [1.165, 1.54) is 13.8 Å². The van der Waals surface area contributed by atoms with Crippen molar-refractivity contribution >= 4 is 28.7 Å². The van der Waals surface area contributed by atoms with Crippen molar-refractivity contribution in [2.75, 3.05) is 11.5 Å². The van der Waals surface area contributed by atoms with Gasteiger partial charge in [0.1, 0.15) is 0 Å². The first-order valence-corrected chi connectivity index (χ1v) is 6.23. The zero-order valence-electron chi connectivity index (χ0n) is 8.11. The average molecular weight is 240 g/mol. The van der Waals surface area contributed by atoms with E-state index in [0.29, 0.717) is 5.75 Å². The lowest BCUT2D eigenvalue weighted by molar-refractivity contribution is -0.122. The van der Waals surface area contributed by atoms with Crippen LogP contribution in [0.1, 0.15) is 20.3 Å². The van der Waals surface area contributed by atoms with Gasteiger partial charge in [-0.2, -0.15) is 12.6 Å². The summed E-state index contributed by atoms with van der Waals surface area (Å²) < 4.78 is 31.4. The van der Waals surface area contributed by atoms with Gasteiger partial charge in [0.25, 0.3) is 0 Å². The minimum atomic E-state index is -4.33. The highest BCUT2D eigenvalue weighted by molar-refractivity contribution is 7.85. The van der Waals surface area contributed by atoms with E-state index >= 15 is 0 Å². The summed E-state index contributed by atoms with van der Waals surface area (Å²) in [6.07, 6.45) is 0.200. The molecule has 0 saturated heterocycles. The topological polar surface area (TPSA) is 86.3 Å². The molecule has 84 valence electrons. The summed E-state index contributed by atoms with van der Waals surface area (Å²) in [5.74, 6) is -0.543. The maximum atomic E-state index is 11.1. The average Bonchev–Trinajstić information content (AvgIpc) is 1.78.